The first kappa shape index (κ1) is 21.8. The summed E-state index contributed by atoms with van der Waals surface area (Å²) in [4.78, 5) is 16.1. The zero-order valence-corrected chi connectivity index (χ0v) is 17.4. The highest BCUT2D eigenvalue weighted by molar-refractivity contribution is 7.92. The summed E-state index contributed by atoms with van der Waals surface area (Å²) >= 11 is 5.54. The van der Waals surface area contributed by atoms with E-state index in [0.29, 0.717) is 28.6 Å². The third-order valence-electron chi connectivity index (χ3n) is 4.40. The quantitative estimate of drug-likeness (QED) is 0.366. The molecule has 4 aromatic rings. The lowest BCUT2D eigenvalue weighted by Crippen LogP contribution is -2.15. The molecule has 0 bridgehead atoms. The number of H-pyrrole nitrogens is 2. The molecule has 0 aliphatic heterocycles. The van der Waals surface area contributed by atoms with Gasteiger partial charge < -0.3 is 14.7 Å². The number of fused-ring (bicyclic) bond motifs is 1. The lowest BCUT2D eigenvalue weighted by Gasteiger charge is -2.13. The van der Waals surface area contributed by atoms with Crippen molar-refractivity contribution in [2.45, 2.75) is 11.1 Å². The molecule has 3 aromatic carbocycles. The molecule has 4 rings (SSSR count). The van der Waals surface area contributed by atoms with Crippen LogP contribution in [-0.2, 0) is 16.2 Å². The number of benzene rings is 3. The molecule has 0 saturated heterocycles. The number of imidazole rings is 1. The molecule has 12 heteroatoms. The van der Waals surface area contributed by atoms with E-state index in [0.717, 1.165) is 12.1 Å². The molecular weight excluding hydrogens is 471 g/mol. The highest BCUT2D eigenvalue weighted by Gasteiger charge is 2.34. The summed E-state index contributed by atoms with van der Waals surface area (Å²) in [5.74, 6) is 0.711. The van der Waals surface area contributed by atoms with Gasteiger partial charge in [-0.1, -0.05) is 17.7 Å². The lowest BCUT2D eigenvalue weighted by molar-refractivity contribution is -0.137. The molecule has 32 heavy (non-hydrogen) atoms. The maximum Gasteiger partial charge on any atom is 0.417 e. The molecule has 0 radical (unpaired) electrons. The summed E-state index contributed by atoms with van der Waals surface area (Å²) in [6, 6.07) is 13.0. The standard InChI is InChI=1S/C20H13ClF3N3O4S/c21-15-9-8-13(10-14(15)20(22,23)24)32(29,30)27-11-4-6-12(7-5-11)31-17-3-1-2-16-18(17)26-19(28)25-16/h1-10,27H,(H2,25,26,28). The second-order valence-electron chi connectivity index (χ2n) is 6.63. The highest BCUT2D eigenvalue weighted by atomic mass is 35.5. The number of alkyl halides is 3. The van der Waals surface area contributed by atoms with Gasteiger partial charge in [0.05, 0.1) is 21.0 Å². The molecule has 0 saturated carbocycles. The van der Waals surface area contributed by atoms with Gasteiger partial charge in [0, 0.05) is 5.69 Å². The van der Waals surface area contributed by atoms with Crippen LogP contribution in [-0.4, -0.2) is 18.4 Å². The van der Waals surface area contributed by atoms with Gasteiger partial charge in [0.25, 0.3) is 10.0 Å². The van der Waals surface area contributed by atoms with Crippen molar-refractivity contribution in [3.8, 4) is 11.5 Å². The smallest absolute Gasteiger partial charge is 0.417 e. The monoisotopic (exact) mass is 483 g/mol. The van der Waals surface area contributed by atoms with Crippen LogP contribution in [0.4, 0.5) is 18.9 Å². The summed E-state index contributed by atoms with van der Waals surface area (Å²) in [5.41, 5.74) is -0.517. The number of rotatable bonds is 5. The van der Waals surface area contributed by atoms with Crippen molar-refractivity contribution in [3.05, 3.63) is 81.7 Å². The first-order valence-corrected chi connectivity index (χ1v) is 10.8. The number of hydrogen-bond acceptors (Lipinski definition) is 4. The van der Waals surface area contributed by atoms with Crippen molar-refractivity contribution in [3.63, 3.8) is 0 Å². The molecule has 0 atom stereocenters. The number of sulfonamides is 1. The number of ether oxygens (including phenoxy) is 1. The summed E-state index contributed by atoms with van der Waals surface area (Å²) in [7, 11) is -4.30. The first-order valence-electron chi connectivity index (χ1n) is 8.91. The summed E-state index contributed by atoms with van der Waals surface area (Å²) in [6.45, 7) is 0. The Hall–Kier alpha value is -3.44. The van der Waals surface area contributed by atoms with E-state index in [4.69, 9.17) is 16.3 Å². The third kappa shape index (κ3) is 4.43. The van der Waals surface area contributed by atoms with E-state index >= 15 is 0 Å². The van der Waals surface area contributed by atoms with E-state index in [1.807, 2.05) is 0 Å². The first-order chi connectivity index (χ1) is 15.0. The molecule has 0 aliphatic carbocycles. The number of halogens is 4. The highest BCUT2D eigenvalue weighted by Crippen LogP contribution is 2.36. The molecule has 0 aliphatic rings. The van der Waals surface area contributed by atoms with Gasteiger partial charge in [-0.2, -0.15) is 13.2 Å². The minimum absolute atomic E-state index is 0.106. The van der Waals surface area contributed by atoms with Crippen LogP contribution in [0.1, 0.15) is 5.56 Å². The van der Waals surface area contributed by atoms with Gasteiger partial charge in [-0.05, 0) is 54.6 Å². The predicted molar refractivity (Wildman–Crippen MR) is 113 cm³/mol. The van der Waals surface area contributed by atoms with Gasteiger partial charge in [0.2, 0.25) is 0 Å². The predicted octanol–water partition coefficient (Wildman–Crippen LogP) is 5.12. The van der Waals surface area contributed by atoms with Crippen molar-refractivity contribution in [2.24, 2.45) is 0 Å². The SMILES string of the molecule is O=c1[nH]c2cccc(Oc3ccc(NS(=O)(=O)c4ccc(Cl)c(C(F)(F)F)c4)cc3)c2[nH]1. The molecule has 166 valence electrons. The minimum atomic E-state index is -4.80. The Morgan fingerprint density at radius 3 is 2.38 bits per heavy atom. The van der Waals surface area contributed by atoms with Gasteiger partial charge in [-0.3, -0.25) is 4.72 Å². The van der Waals surface area contributed by atoms with Crippen LogP contribution >= 0.6 is 11.6 Å². The fourth-order valence-corrected chi connectivity index (χ4v) is 4.25. The van der Waals surface area contributed by atoms with Crippen LogP contribution in [0.15, 0.2) is 70.4 Å². The number of aromatic nitrogens is 2. The fraction of sp³-hybridized carbons (Fsp3) is 0.0500. The number of hydrogen-bond donors (Lipinski definition) is 3. The van der Waals surface area contributed by atoms with Gasteiger partial charge in [-0.15, -0.1) is 0 Å². The van der Waals surface area contributed by atoms with Crippen LogP contribution in [0.5, 0.6) is 11.5 Å². The van der Waals surface area contributed by atoms with Crippen molar-refractivity contribution < 1.29 is 26.3 Å². The molecular formula is C20H13ClF3N3O4S. The Balaban J connectivity index is 1.55. The second-order valence-corrected chi connectivity index (χ2v) is 8.72. The van der Waals surface area contributed by atoms with E-state index in [2.05, 4.69) is 14.7 Å². The molecule has 0 amide bonds. The largest absolute Gasteiger partial charge is 0.455 e. The number of nitrogens with one attached hydrogen (secondary N) is 3. The Labute approximate surface area is 183 Å². The molecule has 3 N–H and O–H groups in total. The normalized spacial score (nSPS) is 12.1. The Kier molecular flexibility index (Phi) is 5.39. The Bertz CT molecular complexity index is 1460. The molecule has 1 heterocycles. The number of anilines is 1. The topological polar surface area (TPSA) is 104 Å². The van der Waals surface area contributed by atoms with Crippen molar-refractivity contribution in [1.82, 2.24) is 9.97 Å². The van der Waals surface area contributed by atoms with Crippen LogP contribution in [0.3, 0.4) is 0 Å². The molecule has 0 spiro atoms. The van der Waals surface area contributed by atoms with Crippen LogP contribution in [0.25, 0.3) is 11.0 Å². The number of aromatic amines is 2. The molecule has 1 aromatic heterocycles. The Morgan fingerprint density at radius 2 is 1.69 bits per heavy atom. The maximum atomic E-state index is 13.0. The van der Waals surface area contributed by atoms with Crippen molar-refractivity contribution in [1.29, 1.82) is 0 Å². The number of para-hydroxylation sites is 1. The summed E-state index contributed by atoms with van der Waals surface area (Å²) in [5, 5.41) is -0.600. The van der Waals surface area contributed by atoms with Crippen LogP contribution < -0.4 is 15.1 Å². The van der Waals surface area contributed by atoms with E-state index in [1.165, 1.54) is 24.3 Å². The van der Waals surface area contributed by atoms with Crippen molar-refractivity contribution in [2.75, 3.05) is 4.72 Å². The second kappa shape index (κ2) is 7.92. The Morgan fingerprint density at radius 1 is 0.969 bits per heavy atom. The summed E-state index contributed by atoms with van der Waals surface area (Å²) < 4.78 is 72.1. The van der Waals surface area contributed by atoms with Crippen LogP contribution in [0, 0.1) is 0 Å². The fourth-order valence-electron chi connectivity index (χ4n) is 2.94. The molecule has 7 nitrogen and oxygen atoms in total. The van der Waals surface area contributed by atoms with Gasteiger partial charge >= 0.3 is 11.9 Å². The molecule has 0 unspecified atom stereocenters. The van der Waals surface area contributed by atoms with Crippen LogP contribution in [0.2, 0.25) is 5.02 Å². The minimum Gasteiger partial charge on any atom is -0.455 e. The zero-order valence-electron chi connectivity index (χ0n) is 15.8. The maximum absolute atomic E-state index is 13.0. The van der Waals surface area contributed by atoms with Crippen molar-refractivity contribution >= 4 is 38.3 Å². The average molecular weight is 484 g/mol. The summed E-state index contributed by atoms with van der Waals surface area (Å²) in [6.07, 6.45) is -4.80. The molecule has 0 fully saturated rings. The zero-order chi connectivity index (χ0) is 23.1. The van der Waals surface area contributed by atoms with E-state index in [1.54, 1.807) is 18.2 Å². The van der Waals surface area contributed by atoms with E-state index in [-0.39, 0.29) is 5.69 Å². The van der Waals surface area contributed by atoms with Gasteiger partial charge in [-0.25, -0.2) is 13.2 Å². The van der Waals surface area contributed by atoms with E-state index in [9.17, 15) is 26.4 Å². The van der Waals surface area contributed by atoms with E-state index < -0.39 is 37.4 Å². The average Bonchev–Trinajstić information content (AvgIpc) is 3.10. The van der Waals surface area contributed by atoms with Gasteiger partial charge in [0.1, 0.15) is 11.3 Å². The van der Waals surface area contributed by atoms with Gasteiger partial charge in [0.15, 0.2) is 5.75 Å². The third-order valence-corrected chi connectivity index (χ3v) is 6.11. The lowest BCUT2D eigenvalue weighted by atomic mass is 10.2.